The Morgan fingerprint density at radius 3 is 2.28 bits per heavy atom. The van der Waals surface area contributed by atoms with Gasteiger partial charge in [-0.2, -0.15) is 0 Å². The predicted molar refractivity (Wildman–Crippen MR) is 98.3 cm³/mol. The zero-order valence-electron chi connectivity index (χ0n) is 14.8. The average Bonchev–Trinajstić information content (AvgIpc) is 2.61. The molecule has 2 amide bonds. The van der Waals surface area contributed by atoms with Crippen molar-refractivity contribution < 1.29 is 9.18 Å². The molecular weight excluding hydrogens is 317 g/mol. The lowest BCUT2D eigenvalue weighted by atomic mass is 10.1. The van der Waals surface area contributed by atoms with Gasteiger partial charge >= 0.3 is 6.03 Å². The van der Waals surface area contributed by atoms with E-state index in [0.29, 0.717) is 18.7 Å². The molecule has 0 radical (unpaired) electrons. The van der Waals surface area contributed by atoms with Gasteiger partial charge in [-0.15, -0.1) is 0 Å². The summed E-state index contributed by atoms with van der Waals surface area (Å²) in [7, 11) is 0. The Bertz CT molecular complexity index is 734. The van der Waals surface area contributed by atoms with Crippen molar-refractivity contribution in [3.8, 4) is 0 Å². The van der Waals surface area contributed by atoms with E-state index in [9.17, 15) is 9.18 Å². The summed E-state index contributed by atoms with van der Waals surface area (Å²) in [5, 5.41) is 2.82. The van der Waals surface area contributed by atoms with Gasteiger partial charge in [0.1, 0.15) is 5.82 Å². The van der Waals surface area contributed by atoms with Gasteiger partial charge < -0.3 is 15.1 Å². The van der Waals surface area contributed by atoms with Crippen LogP contribution in [-0.2, 0) is 6.54 Å². The van der Waals surface area contributed by atoms with Crippen LogP contribution in [0.5, 0.6) is 0 Å². The molecule has 0 saturated carbocycles. The molecule has 132 valence electrons. The van der Waals surface area contributed by atoms with Gasteiger partial charge in [-0.05, 0) is 31.0 Å². The third-order valence-corrected chi connectivity index (χ3v) is 4.71. The van der Waals surface area contributed by atoms with Crippen LogP contribution < -0.4 is 10.2 Å². The zero-order valence-corrected chi connectivity index (χ0v) is 14.8. The van der Waals surface area contributed by atoms with Crippen LogP contribution in [0.1, 0.15) is 16.7 Å². The quantitative estimate of drug-likeness (QED) is 0.928. The number of hydrogen-bond acceptors (Lipinski definition) is 2. The van der Waals surface area contributed by atoms with Crippen LogP contribution in [0, 0.1) is 19.7 Å². The number of hydrogen-bond donors (Lipinski definition) is 1. The molecule has 4 nitrogen and oxygen atoms in total. The molecule has 1 aliphatic rings. The fraction of sp³-hybridized carbons (Fsp3) is 0.350. The minimum atomic E-state index is -0.289. The Labute approximate surface area is 148 Å². The summed E-state index contributed by atoms with van der Waals surface area (Å²) in [6.07, 6.45) is 0. The maximum absolute atomic E-state index is 13.6. The van der Waals surface area contributed by atoms with Crippen LogP contribution in [0.15, 0.2) is 42.5 Å². The first kappa shape index (κ1) is 17.3. The van der Waals surface area contributed by atoms with Crippen LogP contribution in [0.25, 0.3) is 0 Å². The van der Waals surface area contributed by atoms with Gasteiger partial charge in [-0.3, -0.25) is 0 Å². The Morgan fingerprint density at radius 1 is 1.00 bits per heavy atom. The van der Waals surface area contributed by atoms with Crippen LogP contribution in [0.4, 0.5) is 14.9 Å². The maximum Gasteiger partial charge on any atom is 0.317 e. The van der Waals surface area contributed by atoms with E-state index in [0.717, 1.165) is 13.1 Å². The second kappa shape index (κ2) is 7.55. The van der Waals surface area contributed by atoms with E-state index in [-0.39, 0.29) is 18.4 Å². The number of para-hydroxylation sites is 1. The summed E-state index contributed by atoms with van der Waals surface area (Å²) >= 11 is 0. The summed E-state index contributed by atoms with van der Waals surface area (Å²) in [6, 6.07) is 12.7. The van der Waals surface area contributed by atoms with E-state index in [2.05, 4.69) is 42.3 Å². The highest BCUT2D eigenvalue weighted by Crippen LogP contribution is 2.25. The lowest BCUT2D eigenvalue weighted by Crippen LogP contribution is -2.52. The van der Waals surface area contributed by atoms with Gasteiger partial charge in [0.05, 0.1) is 0 Å². The second-order valence-electron chi connectivity index (χ2n) is 6.46. The number of amides is 2. The van der Waals surface area contributed by atoms with E-state index in [1.165, 1.54) is 22.9 Å². The number of carbonyl (C=O) groups is 1. The van der Waals surface area contributed by atoms with Gasteiger partial charge in [0.2, 0.25) is 0 Å². The molecule has 1 saturated heterocycles. The molecule has 5 heteroatoms. The fourth-order valence-electron chi connectivity index (χ4n) is 3.36. The molecule has 2 aromatic rings. The number of rotatable bonds is 3. The van der Waals surface area contributed by atoms with E-state index in [4.69, 9.17) is 0 Å². The molecule has 0 atom stereocenters. The van der Waals surface area contributed by atoms with Gasteiger partial charge in [-0.1, -0.05) is 36.4 Å². The normalized spacial score (nSPS) is 14.5. The topological polar surface area (TPSA) is 35.6 Å². The zero-order chi connectivity index (χ0) is 17.8. The third-order valence-electron chi connectivity index (χ3n) is 4.71. The van der Waals surface area contributed by atoms with E-state index in [1.807, 2.05) is 0 Å². The molecular formula is C20H24FN3O. The van der Waals surface area contributed by atoms with Crippen molar-refractivity contribution >= 4 is 11.7 Å². The first-order valence-corrected chi connectivity index (χ1v) is 8.63. The Morgan fingerprint density at radius 2 is 1.64 bits per heavy atom. The number of aryl methyl sites for hydroxylation is 2. The van der Waals surface area contributed by atoms with Gasteiger partial charge in [0, 0.05) is 44.0 Å². The molecule has 1 fully saturated rings. The summed E-state index contributed by atoms with van der Waals surface area (Å²) in [5.74, 6) is -0.289. The molecule has 0 aliphatic carbocycles. The lowest BCUT2D eigenvalue weighted by molar-refractivity contribution is 0.194. The van der Waals surface area contributed by atoms with Crippen molar-refractivity contribution in [1.82, 2.24) is 10.2 Å². The van der Waals surface area contributed by atoms with Crippen LogP contribution >= 0.6 is 0 Å². The first-order chi connectivity index (χ1) is 12.1. The van der Waals surface area contributed by atoms with Crippen LogP contribution in [0.2, 0.25) is 0 Å². The molecule has 1 heterocycles. The number of nitrogens with zero attached hydrogens (tertiary/aromatic N) is 2. The molecule has 25 heavy (non-hydrogen) atoms. The molecule has 0 aromatic heterocycles. The van der Waals surface area contributed by atoms with Gasteiger partial charge in [0.15, 0.2) is 0 Å². The monoisotopic (exact) mass is 341 g/mol. The van der Waals surface area contributed by atoms with Crippen molar-refractivity contribution in [1.29, 1.82) is 0 Å². The SMILES string of the molecule is Cc1cccc(C)c1N1CCN(C(=O)NCc2ccccc2F)CC1. The standard InChI is InChI=1S/C20H24FN3O/c1-15-6-5-7-16(2)19(15)23-10-12-24(13-11-23)20(25)22-14-17-8-3-4-9-18(17)21/h3-9H,10-14H2,1-2H3,(H,22,25). The highest BCUT2D eigenvalue weighted by Gasteiger charge is 2.22. The average molecular weight is 341 g/mol. The van der Waals surface area contributed by atoms with E-state index >= 15 is 0 Å². The number of piperazine rings is 1. The van der Waals surface area contributed by atoms with Crippen molar-refractivity contribution in [3.63, 3.8) is 0 Å². The summed E-state index contributed by atoms with van der Waals surface area (Å²) in [6.45, 7) is 7.39. The predicted octanol–water partition coefficient (Wildman–Crippen LogP) is 3.47. The molecule has 0 bridgehead atoms. The maximum atomic E-state index is 13.6. The summed E-state index contributed by atoms with van der Waals surface area (Å²) < 4.78 is 13.6. The number of carbonyl (C=O) groups excluding carboxylic acids is 1. The van der Waals surface area contributed by atoms with Gasteiger partial charge in [-0.25, -0.2) is 9.18 Å². The van der Waals surface area contributed by atoms with E-state index in [1.54, 1.807) is 23.1 Å². The van der Waals surface area contributed by atoms with Crippen molar-refractivity contribution in [2.45, 2.75) is 20.4 Å². The summed E-state index contributed by atoms with van der Waals surface area (Å²) in [4.78, 5) is 16.5. The number of halogens is 1. The molecule has 0 unspecified atom stereocenters. The minimum Gasteiger partial charge on any atom is -0.368 e. The highest BCUT2D eigenvalue weighted by atomic mass is 19.1. The molecule has 1 N–H and O–H groups in total. The summed E-state index contributed by atoms with van der Waals surface area (Å²) in [5.41, 5.74) is 4.30. The number of benzene rings is 2. The van der Waals surface area contributed by atoms with Crippen LogP contribution in [0.3, 0.4) is 0 Å². The Kier molecular flexibility index (Phi) is 5.22. The molecule has 3 rings (SSSR count). The molecule has 0 spiro atoms. The number of anilines is 1. The third kappa shape index (κ3) is 3.92. The first-order valence-electron chi connectivity index (χ1n) is 8.63. The van der Waals surface area contributed by atoms with Crippen LogP contribution in [-0.4, -0.2) is 37.1 Å². The minimum absolute atomic E-state index is 0.135. The largest absolute Gasteiger partial charge is 0.368 e. The van der Waals surface area contributed by atoms with Gasteiger partial charge in [0.25, 0.3) is 0 Å². The smallest absolute Gasteiger partial charge is 0.317 e. The van der Waals surface area contributed by atoms with Crippen molar-refractivity contribution in [3.05, 3.63) is 65.0 Å². The Hall–Kier alpha value is -2.56. The molecule has 1 aliphatic heterocycles. The highest BCUT2D eigenvalue weighted by molar-refractivity contribution is 5.74. The molecule has 2 aromatic carbocycles. The number of nitrogens with one attached hydrogen (secondary N) is 1. The fourth-order valence-corrected chi connectivity index (χ4v) is 3.36. The lowest BCUT2D eigenvalue weighted by Gasteiger charge is -2.37. The van der Waals surface area contributed by atoms with E-state index < -0.39 is 0 Å². The Balaban J connectivity index is 1.55. The number of urea groups is 1. The second-order valence-corrected chi connectivity index (χ2v) is 6.46. The van der Waals surface area contributed by atoms with Crippen molar-refractivity contribution in [2.75, 3.05) is 31.1 Å². The van der Waals surface area contributed by atoms with Crippen molar-refractivity contribution in [2.24, 2.45) is 0 Å².